The van der Waals surface area contributed by atoms with Crippen molar-refractivity contribution in [3.63, 3.8) is 0 Å². The largest absolute Gasteiger partial charge is 0.341 e. The van der Waals surface area contributed by atoms with Gasteiger partial charge in [-0.1, -0.05) is 77.0 Å². The summed E-state index contributed by atoms with van der Waals surface area (Å²) in [5.41, 5.74) is 4.69. The van der Waals surface area contributed by atoms with Crippen molar-refractivity contribution in [3.05, 3.63) is 68.5 Å². The van der Waals surface area contributed by atoms with Crippen LogP contribution in [0.4, 0.5) is 5.13 Å². The standard InChI is InChI=1S/C24H25Cl2IN2S/c1-3-12-29(23(18-8-9-18)17-6-4-16(14-27)5-7-17)24-28-22(15(2)30-24)20-11-10-19(25)13-21(20)26/h4-7,10-11,13,18,23H,3,8-9,12,14H2,1-2H3. The molecule has 30 heavy (non-hydrogen) atoms. The first-order valence-electron chi connectivity index (χ1n) is 10.4. The van der Waals surface area contributed by atoms with E-state index in [1.54, 1.807) is 17.4 Å². The van der Waals surface area contributed by atoms with Gasteiger partial charge in [-0.3, -0.25) is 0 Å². The number of hydrogen-bond donors (Lipinski definition) is 0. The number of halogens is 3. The Labute approximate surface area is 206 Å². The van der Waals surface area contributed by atoms with Crippen molar-refractivity contribution in [1.29, 1.82) is 0 Å². The molecule has 1 fully saturated rings. The molecule has 2 aromatic carbocycles. The van der Waals surface area contributed by atoms with Crippen molar-refractivity contribution in [3.8, 4) is 11.3 Å². The summed E-state index contributed by atoms with van der Waals surface area (Å²) in [5, 5.41) is 2.39. The first-order chi connectivity index (χ1) is 14.5. The molecule has 1 atom stereocenters. The summed E-state index contributed by atoms with van der Waals surface area (Å²) in [5.74, 6) is 0.703. The molecule has 0 saturated heterocycles. The Morgan fingerprint density at radius 1 is 1.17 bits per heavy atom. The molecule has 158 valence electrons. The van der Waals surface area contributed by atoms with E-state index >= 15 is 0 Å². The van der Waals surface area contributed by atoms with Gasteiger partial charge in [0.25, 0.3) is 0 Å². The summed E-state index contributed by atoms with van der Waals surface area (Å²) < 4.78 is 1.04. The molecule has 0 amide bonds. The predicted octanol–water partition coefficient (Wildman–Crippen LogP) is 8.73. The molecule has 0 radical (unpaired) electrons. The normalized spacial score (nSPS) is 14.7. The van der Waals surface area contributed by atoms with Crippen molar-refractivity contribution in [2.75, 3.05) is 11.4 Å². The van der Waals surface area contributed by atoms with Gasteiger partial charge >= 0.3 is 0 Å². The van der Waals surface area contributed by atoms with Gasteiger partial charge in [0.1, 0.15) is 0 Å². The zero-order chi connectivity index (χ0) is 21.3. The third kappa shape index (κ3) is 4.82. The van der Waals surface area contributed by atoms with E-state index < -0.39 is 0 Å². The highest BCUT2D eigenvalue weighted by Crippen LogP contribution is 2.48. The minimum Gasteiger partial charge on any atom is -0.341 e. The molecule has 1 heterocycles. The zero-order valence-electron chi connectivity index (χ0n) is 17.2. The second-order valence-corrected chi connectivity index (χ2v) is 10.7. The van der Waals surface area contributed by atoms with Gasteiger partial charge in [0.2, 0.25) is 0 Å². The fourth-order valence-corrected chi connectivity index (χ4v) is 5.95. The first kappa shape index (κ1) is 22.4. The van der Waals surface area contributed by atoms with Gasteiger partial charge in [-0.05, 0) is 61.4 Å². The lowest BCUT2D eigenvalue weighted by atomic mass is 9.99. The van der Waals surface area contributed by atoms with E-state index in [1.807, 2.05) is 12.1 Å². The maximum absolute atomic E-state index is 6.50. The van der Waals surface area contributed by atoms with Crippen LogP contribution in [0.15, 0.2) is 42.5 Å². The van der Waals surface area contributed by atoms with Crippen LogP contribution in [0.3, 0.4) is 0 Å². The van der Waals surface area contributed by atoms with E-state index in [2.05, 4.69) is 65.6 Å². The van der Waals surface area contributed by atoms with Crippen molar-refractivity contribution < 1.29 is 0 Å². The van der Waals surface area contributed by atoms with Gasteiger partial charge in [0, 0.05) is 26.4 Å². The number of alkyl halides is 1. The summed E-state index contributed by atoms with van der Waals surface area (Å²) >= 11 is 16.8. The Balaban J connectivity index is 1.73. The Bertz CT molecular complexity index is 1010. The van der Waals surface area contributed by atoms with E-state index in [9.17, 15) is 0 Å². The molecule has 2 nitrogen and oxygen atoms in total. The van der Waals surface area contributed by atoms with Crippen LogP contribution in [-0.2, 0) is 4.43 Å². The molecule has 1 aliphatic rings. The Morgan fingerprint density at radius 3 is 2.50 bits per heavy atom. The van der Waals surface area contributed by atoms with Gasteiger partial charge in [-0.15, -0.1) is 11.3 Å². The topological polar surface area (TPSA) is 16.1 Å². The predicted molar refractivity (Wildman–Crippen MR) is 140 cm³/mol. The number of aromatic nitrogens is 1. The summed E-state index contributed by atoms with van der Waals surface area (Å²) in [6.45, 7) is 5.37. The third-order valence-corrected chi connectivity index (χ3v) is 8.00. The van der Waals surface area contributed by atoms with Crippen molar-refractivity contribution >= 4 is 62.3 Å². The van der Waals surface area contributed by atoms with Crippen LogP contribution in [0.25, 0.3) is 11.3 Å². The van der Waals surface area contributed by atoms with Crippen LogP contribution in [0, 0.1) is 12.8 Å². The third-order valence-electron chi connectivity index (χ3n) is 5.56. The SMILES string of the molecule is CCCN(c1nc(-c2ccc(Cl)cc2Cl)c(C)s1)C(c1ccc(CI)cc1)C1CC1. The van der Waals surface area contributed by atoms with Gasteiger partial charge in [-0.2, -0.15) is 0 Å². The van der Waals surface area contributed by atoms with E-state index in [0.717, 1.165) is 33.8 Å². The molecule has 1 aliphatic carbocycles. The fourth-order valence-electron chi connectivity index (χ4n) is 3.95. The molecular weight excluding hydrogens is 546 g/mol. The molecule has 0 aliphatic heterocycles. The molecule has 0 N–H and O–H groups in total. The summed E-state index contributed by atoms with van der Waals surface area (Å²) in [6, 6.07) is 15.2. The average Bonchev–Trinajstić information content (AvgIpc) is 3.50. The molecule has 3 aromatic rings. The highest BCUT2D eigenvalue weighted by atomic mass is 127. The quantitative estimate of drug-likeness (QED) is 0.199. The molecule has 6 heteroatoms. The van der Waals surface area contributed by atoms with Crippen LogP contribution in [0.2, 0.25) is 10.0 Å². The van der Waals surface area contributed by atoms with Gasteiger partial charge in [0.15, 0.2) is 5.13 Å². The van der Waals surface area contributed by atoms with E-state index in [4.69, 9.17) is 28.2 Å². The monoisotopic (exact) mass is 570 g/mol. The van der Waals surface area contributed by atoms with Crippen molar-refractivity contribution in [1.82, 2.24) is 4.98 Å². The smallest absolute Gasteiger partial charge is 0.186 e. The van der Waals surface area contributed by atoms with E-state index in [1.165, 1.54) is 28.8 Å². The van der Waals surface area contributed by atoms with E-state index in [-0.39, 0.29) is 0 Å². The number of benzene rings is 2. The van der Waals surface area contributed by atoms with E-state index in [0.29, 0.717) is 22.0 Å². The highest BCUT2D eigenvalue weighted by molar-refractivity contribution is 14.1. The minimum atomic E-state index is 0.382. The fraction of sp³-hybridized carbons (Fsp3) is 0.375. The number of thiazole rings is 1. The number of anilines is 1. The zero-order valence-corrected chi connectivity index (χ0v) is 21.7. The summed E-state index contributed by atoms with van der Waals surface area (Å²) in [4.78, 5) is 8.81. The molecule has 1 unspecified atom stereocenters. The highest BCUT2D eigenvalue weighted by Gasteiger charge is 2.37. The van der Waals surface area contributed by atoms with Crippen molar-refractivity contribution in [2.24, 2.45) is 5.92 Å². The Hall–Kier alpha value is -0.820. The van der Waals surface area contributed by atoms with Crippen LogP contribution in [0.5, 0.6) is 0 Å². The average molecular weight is 571 g/mol. The van der Waals surface area contributed by atoms with Gasteiger partial charge in [-0.25, -0.2) is 4.98 Å². The lowest BCUT2D eigenvalue weighted by Gasteiger charge is -2.32. The minimum absolute atomic E-state index is 0.382. The summed E-state index contributed by atoms with van der Waals surface area (Å²) in [7, 11) is 0. The lowest BCUT2D eigenvalue weighted by Crippen LogP contribution is -2.31. The molecule has 0 spiro atoms. The number of nitrogens with zero attached hydrogens (tertiary/aromatic N) is 2. The Kier molecular flexibility index (Phi) is 7.28. The van der Waals surface area contributed by atoms with Crippen LogP contribution in [-0.4, -0.2) is 11.5 Å². The van der Waals surface area contributed by atoms with Gasteiger partial charge < -0.3 is 4.90 Å². The molecule has 4 rings (SSSR count). The number of rotatable bonds is 8. The maximum Gasteiger partial charge on any atom is 0.186 e. The maximum atomic E-state index is 6.50. The second-order valence-electron chi connectivity index (χ2n) is 7.88. The van der Waals surface area contributed by atoms with Crippen LogP contribution in [0.1, 0.15) is 48.2 Å². The molecule has 1 saturated carbocycles. The number of aryl methyl sites for hydroxylation is 1. The Morgan fingerprint density at radius 2 is 1.90 bits per heavy atom. The molecule has 0 bridgehead atoms. The molecular formula is C24H25Cl2IN2S. The second kappa shape index (κ2) is 9.76. The summed E-state index contributed by atoms with van der Waals surface area (Å²) in [6.07, 6.45) is 3.67. The first-order valence-corrected chi connectivity index (χ1v) is 13.5. The number of hydrogen-bond acceptors (Lipinski definition) is 3. The molecule has 1 aromatic heterocycles. The van der Waals surface area contributed by atoms with Gasteiger partial charge in [0.05, 0.1) is 16.8 Å². The van der Waals surface area contributed by atoms with Crippen LogP contribution >= 0.6 is 57.1 Å². The van der Waals surface area contributed by atoms with Crippen molar-refractivity contribution in [2.45, 2.75) is 43.6 Å². The van der Waals surface area contributed by atoms with Crippen LogP contribution < -0.4 is 4.90 Å². The lowest BCUT2D eigenvalue weighted by molar-refractivity contribution is 0.551.